The number of carbonyl (C=O) groups excluding carboxylic acids is 1. The maximum absolute atomic E-state index is 12.2. The number of imidazole rings is 1. The van der Waals surface area contributed by atoms with E-state index in [1.165, 1.54) is 5.56 Å². The molecular formula is C20H21N5O2S. The van der Waals surface area contributed by atoms with Crippen LogP contribution >= 0.6 is 11.3 Å². The molecule has 0 aliphatic rings. The van der Waals surface area contributed by atoms with Crippen molar-refractivity contribution in [3.05, 3.63) is 47.5 Å². The highest BCUT2D eigenvalue weighted by Gasteiger charge is 2.13. The molecule has 0 aliphatic heterocycles. The molecule has 0 fully saturated rings. The number of anilines is 2. The van der Waals surface area contributed by atoms with Crippen LogP contribution in [0, 0.1) is 6.92 Å². The topological polar surface area (TPSA) is 81.1 Å². The maximum atomic E-state index is 12.2. The zero-order valence-electron chi connectivity index (χ0n) is 15.9. The zero-order chi connectivity index (χ0) is 19.7. The Labute approximate surface area is 166 Å². The predicted molar refractivity (Wildman–Crippen MR) is 113 cm³/mol. The summed E-state index contributed by atoms with van der Waals surface area (Å²) in [6.07, 6.45) is 0. The molecule has 2 aromatic heterocycles. The number of hydrogen-bond donors (Lipinski definition) is 2. The zero-order valence-corrected chi connectivity index (χ0v) is 16.8. The smallest absolute Gasteiger partial charge is 0.251 e. The van der Waals surface area contributed by atoms with E-state index >= 15 is 0 Å². The van der Waals surface area contributed by atoms with Gasteiger partial charge in [0.05, 0.1) is 27.9 Å². The quantitative estimate of drug-likeness (QED) is 0.488. The van der Waals surface area contributed by atoms with Crippen molar-refractivity contribution in [3.8, 4) is 0 Å². The lowest BCUT2D eigenvalue weighted by molar-refractivity contribution is 0.0937. The molecule has 8 heteroatoms. The van der Waals surface area contributed by atoms with Crippen LogP contribution in [0.1, 0.15) is 15.9 Å². The second-order valence-electron chi connectivity index (χ2n) is 6.56. The molecular weight excluding hydrogens is 374 g/mol. The summed E-state index contributed by atoms with van der Waals surface area (Å²) >= 11 is 1.59. The van der Waals surface area contributed by atoms with E-state index in [0.29, 0.717) is 24.7 Å². The summed E-state index contributed by atoms with van der Waals surface area (Å²) < 4.78 is 8.05. The lowest BCUT2D eigenvalue weighted by Gasteiger charge is -2.04. The van der Waals surface area contributed by atoms with Crippen LogP contribution in [0.5, 0.6) is 0 Å². The van der Waals surface area contributed by atoms with Crippen LogP contribution in [-0.2, 0) is 11.8 Å². The van der Waals surface area contributed by atoms with Gasteiger partial charge in [0.25, 0.3) is 5.91 Å². The normalized spacial score (nSPS) is 11.2. The third-order valence-corrected chi connectivity index (χ3v) is 5.43. The van der Waals surface area contributed by atoms with E-state index in [2.05, 4.69) is 39.7 Å². The highest BCUT2D eigenvalue weighted by atomic mass is 32.1. The van der Waals surface area contributed by atoms with Crippen molar-refractivity contribution in [2.24, 2.45) is 7.05 Å². The summed E-state index contributed by atoms with van der Waals surface area (Å²) in [6, 6.07) is 11.7. The fourth-order valence-electron chi connectivity index (χ4n) is 3.00. The molecule has 0 atom stereocenters. The minimum atomic E-state index is -0.138. The number of ether oxygens (including phenoxy) is 1. The second-order valence-corrected chi connectivity index (χ2v) is 7.59. The molecule has 4 rings (SSSR count). The van der Waals surface area contributed by atoms with E-state index in [0.717, 1.165) is 26.4 Å². The van der Waals surface area contributed by atoms with Crippen LogP contribution in [-0.4, -0.2) is 40.7 Å². The van der Waals surface area contributed by atoms with Gasteiger partial charge in [0.2, 0.25) is 5.95 Å². The van der Waals surface area contributed by atoms with Crippen molar-refractivity contribution < 1.29 is 9.53 Å². The number of methoxy groups -OCH3 is 1. The van der Waals surface area contributed by atoms with Crippen LogP contribution < -0.4 is 10.6 Å². The van der Waals surface area contributed by atoms with Crippen LogP contribution in [0.3, 0.4) is 0 Å². The number of thiazole rings is 1. The van der Waals surface area contributed by atoms with Crippen LogP contribution in [0.25, 0.3) is 21.3 Å². The minimum absolute atomic E-state index is 0.138. The van der Waals surface area contributed by atoms with Crippen LogP contribution in [0.2, 0.25) is 0 Å². The van der Waals surface area contributed by atoms with E-state index in [1.807, 2.05) is 23.7 Å². The van der Waals surface area contributed by atoms with E-state index in [-0.39, 0.29) is 5.91 Å². The summed E-state index contributed by atoms with van der Waals surface area (Å²) in [7, 11) is 3.54. The molecule has 0 saturated heterocycles. The van der Waals surface area contributed by atoms with Crippen LogP contribution in [0.15, 0.2) is 36.4 Å². The Morgan fingerprint density at radius 1 is 1.18 bits per heavy atom. The number of carbonyl (C=O) groups is 1. The van der Waals surface area contributed by atoms with E-state index < -0.39 is 0 Å². The summed E-state index contributed by atoms with van der Waals surface area (Å²) in [5.74, 6) is 0.545. The molecule has 144 valence electrons. The van der Waals surface area contributed by atoms with Gasteiger partial charge in [-0.15, -0.1) is 0 Å². The van der Waals surface area contributed by atoms with Crippen LogP contribution in [0.4, 0.5) is 11.1 Å². The molecule has 0 bridgehead atoms. The summed E-state index contributed by atoms with van der Waals surface area (Å²) in [6.45, 7) is 3.02. The number of benzene rings is 2. The van der Waals surface area contributed by atoms with E-state index in [1.54, 1.807) is 30.6 Å². The number of amides is 1. The summed E-state index contributed by atoms with van der Waals surface area (Å²) in [5.41, 5.74) is 4.44. The second kappa shape index (κ2) is 7.57. The first kappa shape index (κ1) is 18.4. The number of fused-ring (bicyclic) bond motifs is 2. The van der Waals surface area contributed by atoms with Crippen molar-refractivity contribution in [1.29, 1.82) is 0 Å². The van der Waals surface area contributed by atoms with Crippen molar-refractivity contribution in [2.45, 2.75) is 6.92 Å². The number of nitrogens with zero attached hydrogens (tertiary/aromatic N) is 3. The molecule has 4 aromatic rings. The van der Waals surface area contributed by atoms with Gasteiger partial charge in [0.15, 0.2) is 5.13 Å². The van der Waals surface area contributed by atoms with E-state index in [9.17, 15) is 4.79 Å². The molecule has 0 saturated carbocycles. The first-order chi connectivity index (χ1) is 13.5. The largest absolute Gasteiger partial charge is 0.383 e. The maximum Gasteiger partial charge on any atom is 0.251 e. The molecule has 0 aliphatic carbocycles. The minimum Gasteiger partial charge on any atom is -0.383 e. The Balaban J connectivity index is 1.60. The molecule has 0 radical (unpaired) electrons. The van der Waals surface area contributed by atoms with Crippen molar-refractivity contribution in [3.63, 3.8) is 0 Å². The van der Waals surface area contributed by atoms with Gasteiger partial charge in [-0.25, -0.2) is 9.97 Å². The van der Waals surface area contributed by atoms with Gasteiger partial charge in [0.1, 0.15) is 0 Å². The van der Waals surface area contributed by atoms with Gasteiger partial charge in [-0.05, 0) is 42.8 Å². The third-order valence-electron chi connectivity index (χ3n) is 4.50. The van der Waals surface area contributed by atoms with Crippen molar-refractivity contribution in [2.75, 3.05) is 25.6 Å². The summed E-state index contributed by atoms with van der Waals surface area (Å²) in [4.78, 5) is 21.5. The van der Waals surface area contributed by atoms with Gasteiger partial charge >= 0.3 is 0 Å². The standard InChI is InChI=1S/C20H21N5O2S/c1-12-4-6-14-17(10-12)28-20(23-14)24-19-22-15-11-13(5-7-16(15)25(19)2)18(26)21-8-9-27-3/h4-7,10-11H,8-9H2,1-3H3,(H,21,26)(H,22,23,24). The SMILES string of the molecule is COCCNC(=O)c1ccc2c(c1)nc(Nc1nc3ccc(C)cc3s1)n2C. The first-order valence-corrected chi connectivity index (χ1v) is 9.74. The molecule has 28 heavy (non-hydrogen) atoms. The average molecular weight is 395 g/mol. The molecule has 2 aromatic carbocycles. The molecule has 0 spiro atoms. The highest BCUT2D eigenvalue weighted by Crippen LogP contribution is 2.29. The Morgan fingerprint density at radius 3 is 2.86 bits per heavy atom. The molecule has 2 heterocycles. The first-order valence-electron chi connectivity index (χ1n) is 8.93. The van der Waals surface area contributed by atoms with Gasteiger partial charge in [-0.2, -0.15) is 0 Å². The average Bonchev–Trinajstić information content (AvgIpc) is 3.21. The van der Waals surface area contributed by atoms with Crippen molar-refractivity contribution in [1.82, 2.24) is 19.9 Å². The Kier molecular flexibility index (Phi) is 4.97. The Hall–Kier alpha value is -2.97. The molecule has 1 amide bonds. The van der Waals surface area contributed by atoms with Gasteiger partial charge in [0, 0.05) is 26.3 Å². The lowest BCUT2D eigenvalue weighted by atomic mass is 10.2. The van der Waals surface area contributed by atoms with Gasteiger partial charge in [-0.1, -0.05) is 17.4 Å². The number of aryl methyl sites for hydroxylation is 2. The predicted octanol–water partition coefficient (Wildman–Crippen LogP) is 3.61. The van der Waals surface area contributed by atoms with Crippen molar-refractivity contribution >= 4 is 49.6 Å². The Bertz CT molecular complexity index is 1160. The fraction of sp³-hybridized carbons (Fsp3) is 0.250. The monoisotopic (exact) mass is 395 g/mol. The van der Waals surface area contributed by atoms with Gasteiger partial charge < -0.3 is 19.9 Å². The van der Waals surface area contributed by atoms with Gasteiger partial charge in [-0.3, -0.25) is 4.79 Å². The Morgan fingerprint density at radius 2 is 2.04 bits per heavy atom. The molecule has 0 unspecified atom stereocenters. The third kappa shape index (κ3) is 3.56. The molecule has 7 nitrogen and oxygen atoms in total. The van der Waals surface area contributed by atoms with E-state index in [4.69, 9.17) is 4.74 Å². The fourth-order valence-corrected chi connectivity index (χ4v) is 3.96. The highest BCUT2D eigenvalue weighted by molar-refractivity contribution is 7.22. The number of hydrogen-bond acceptors (Lipinski definition) is 6. The lowest BCUT2D eigenvalue weighted by Crippen LogP contribution is -2.26. The number of nitrogens with one attached hydrogen (secondary N) is 2. The number of rotatable bonds is 6. The molecule has 2 N–H and O–H groups in total. The summed E-state index contributed by atoms with van der Waals surface area (Å²) in [5, 5.41) is 6.91. The number of aromatic nitrogens is 3.